The minimum absolute atomic E-state index is 0.221. The third-order valence-electron chi connectivity index (χ3n) is 1.06. The van der Waals surface area contributed by atoms with Gasteiger partial charge in [-0.15, -0.1) is 11.8 Å². The van der Waals surface area contributed by atoms with Crippen molar-refractivity contribution in [3.8, 4) is 0 Å². The molecule has 0 aromatic rings. The average molecular weight is 200 g/mol. The van der Waals surface area contributed by atoms with Crippen molar-refractivity contribution >= 4 is 17.5 Å². The maximum atomic E-state index is 10.6. The van der Waals surface area contributed by atoms with Crippen LogP contribution in [0, 0.1) is 0 Å². The summed E-state index contributed by atoms with van der Waals surface area (Å²) in [6.45, 7) is 9.55. The fourth-order valence-corrected chi connectivity index (χ4v) is 1.35. The van der Waals surface area contributed by atoms with Crippen LogP contribution in [0.2, 0.25) is 0 Å². The van der Waals surface area contributed by atoms with Gasteiger partial charge >= 0.3 is 0 Å². The molecule has 0 atom stereocenters. The second-order valence-corrected chi connectivity index (χ2v) is 3.23. The van der Waals surface area contributed by atoms with Crippen molar-refractivity contribution in [3.05, 3.63) is 23.1 Å². The summed E-state index contributed by atoms with van der Waals surface area (Å²) < 4.78 is 0. The minimum Gasteiger partial charge on any atom is -0.299 e. The summed E-state index contributed by atoms with van der Waals surface area (Å²) in [5.74, 6) is 0.795. The number of allylic oxidation sites excluding steroid dienone is 3. The lowest BCUT2D eigenvalue weighted by Gasteiger charge is -1.96. The SMILES string of the molecule is C/C=C\C(=C/C)SCC(C)=O.CC. The Hall–Kier alpha value is -0.500. The van der Waals surface area contributed by atoms with Crippen LogP contribution in [0.5, 0.6) is 0 Å². The molecule has 0 radical (unpaired) electrons. The minimum atomic E-state index is 0.221. The van der Waals surface area contributed by atoms with Gasteiger partial charge in [0.25, 0.3) is 0 Å². The first-order valence-electron chi connectivity index (χ1n) is 4.62. The summed E-state index contributed by atoms with van der Waals surface area (Å²) >= 11 is 1.58. The quantitative estimate of drug-likeness (QED) is 0.642. The normalized spacial score (nSPS) is 11.0. The lowest BCUT2D eigenvalue weighted by molar-refractivity contribution is -0.114. The highest BCUT2D eigenvalue weighted by Crippen LogP contribution is 2.16. The molecule has 0 aliphatic heterocycles. The number of carbonyl (C=O) groups is 1. The molecule has 0 bridgehead atoms. The Morgan fingerprint density at radius 1 is 1.31 bits per heavy atom. The molecule has 0 unspecified atom stereocenters. The molecule has 0 fully saturated rings. The molecule has 0 aliphatic carbocycles. The van der Waals surface area contributed by atoms with Crippen LogP contribution in [-0.4, -0.2) is 11.5 Å². The van der Waals surface area contributed by atoms with Gasteiger partial charge < -0.3 is 0 Å². The van der Waals surface area contributed by atoms with E-state index in [-0.39, 0.29) is 5.78 Å². The van der Waals surface area contributed by atoms with Crippen LogP contribution >= 0.6 is 11.8 Å². The van der Waals surface area contributed by atoms with Crippen LogP contribution < -0.4 is 0 Å². The van der Waals surface area contributed by atoms with Crippen molar-refractivity contribution in [1.82, 2.24) is 0 Å². The van der Waals surface area contributed by atoms with Gasteiger partial charge in [-0.2, -0.15) is 0 Å². The number of rotatable bonds is 4. The molecule has 2 heteroatoms. The molecule has 76 valence electrons. The summed E-state index contributed by atoms with van der Waals surface area (Å²) in [7, 11) is 0. The van der Waals surface area contributed by atoms with Gasteiger partial charge in [0.1, 0.15) is 5.78 Å². The molecule has 0 aliphatic rings. The molecule has 0 N–H and O–H groups in total. The predicted octanol–water partition coefficient (Wildman–Crippen LogP) is 3.81. The van der Waals surface area contributed by atoms with Crippen molar-refractivity contribution in [1.29, 1.82) is 0 Å². The molecule has 0 saturated carbocycles. The maximum Gasteiger partial charge on any atom is 0.140 e. The van der Waals surface area contributed by atoms with Crippen LogP contribution in [0.4, 0.5) is 0 Å². The molecule has 0 saturated heterocycles. The average Bonchev–Trinajstić information content (AvgIpc) is 2.15. The molecule has 1 nitrogen and oxygen atoms in total. The van der Waals surface area contributed by atoms with E-state index in [2.05, 4.69) is 0 Å². The Labute approximate surface area is 86.3 Å². The van der Waals surface area contributed by atoms with Crippen molar-refractivity contribution in [2.75, 3.05) is 5.75 Å². The van der Waals surface area contributed by atoms with Crippen LogP contribution in [-0.2, 0) is 4.79 Å². The first-order chi connectivity index (χ1) is 6.20. The third-order valence-corrected chi connectivity index (χ3v) is 2.31. The highest BCUT2D eigenvalue weighted by molar-refractivity contribution is 8.03. The van der Waals surface area contributed by atoms with E-state index in [1.54, 1.807) is 18.7 Å². The Morgan fingerprint density at radius 3 is 2.15 bits per heavy atom. The smallest absolute Gasteiger partial charge is 0.140 e. The molecule has 0 rings (SSSR count). The molecule has 0 heterocycles. The monoisotopic (exact) mass is 200 g/mol. The summed E-state index contributed by atoms with van der Waals surface area (Å²) in [5, 5.41) is 0. The van der Waals surface area contributed by atoms with E-state index in [9.17, 15) is 4.79 Å². The Morgan fingerprint density at radius 2 is 1.85 bits per heavy atom. The Kier molecular flexibility index (Phi) is 13.3. The Balaban J connectivity index is 0. The van der Waals surface area contributed by atoms with E-state index in [0.29, 0.717) is 5.75 Å². The summed E-state index contributed by atoms with van der Waals surface area (Å²) in [4.78, 5) is 11.8. The maximum absolute atomic E-state index is 10.6. The van der Waals surface area contributed by atoms with Crippen LogP contribution in [0.3, 0.4) is 0 Å². The molecule has 0 aromatic heterocycles. The lowest BCUT2D eigenvalue weighted by Crippen LogP contribution is -1.92. The van der Waals surface area contributed by atoms with E-state index >= 15 is 0 Å². The highest BCUT2D eigenvalue weighted by Gasteiger charge is 1.94. The highest BCUT2D eigenvalue weighted by atomic mass is 32.2. The summed E-state index contributed by atoms with van der Waals surface area (Å²) in [5.41, 5.74) is 0. The molecule has 0 spiro atoms. The zero-order valence-electron chi connectivity index (χ0n) is 9.26. The third kappa shape index (κ3) is 11.5. The molecule has 0 amide bonds. The molecular weight excluding hydrogens is 180 g/mol. The van der Waals surface area contributed by atoms with Gasteiger partial charge in [-0.25, -0.2) is 0 Å². The number of thioether (sulfide) groups is 1. The van der Waals surface area contributed by atoms with E-state index < -0.39 is 0 Å². The van der Waals surface area contributed by atoms with E-state index in [1.807, 2.05) is 45.9 Å². The molecule has 13 heavy (non-hydrogen) atoms. The number of carbonyl (C=O) groups excluding carboxylic acids is 1. The topological polar surface area (TPSA) is 17.1 Å². The zero-order valence-corrected chi connectivity index (χ0v) is 10.1. The number of ketones is 1. The fraction of sp³-hybridized carbons (Fsp3) is 0.545. The van der Waals surface area contributed by atoms with Crippen molar-refractivity contribution in [3.63, 3.8) is 0 Å². The van der Waals surface area contributed by atoms with Gasteiger partial charge in [-0.3, -0.25) is 4.79 Å². The predicted molar refractivity (Wildman–Crippen MR) is 63.1 cm³/mol. The summed E-state index contributed by atoms with van der Waals surface area (Å²) in [6.07, 6.45) is 5.99. The molecule has 0 aromatic carbocycles. The molecular formula is C11H20OS. The first-order valence-corrected chi connectivity index (χ1v) is 5.60. The van der Waals surface area contributed by atoms with E-state index in [4.69, 9.17) is 0 Å². The van der Waals surface area contributed by atoms with Gasteiger partial charge in [0.2, 0.25) is 0 Å². The van der Waals surface area contributed by atoms with Crippen LogP contribution in [0.25, 0.3) is 0 Å². The van der Waals surface area contributed by atoms with Crippen LogP contribution in [0.15, 0.2) is 23.1 Å². The number of hydrogen-bond donors (Lipinski definition) is 0. The van der Waals surface area contributed by atoms with Gasteiger partial charge in [-0.05, 0) is 20.8 Å². The second-order valence-electron chi connectivity index (χ2n) is 2.18. The van der Waals surface area contributed by atoms with E-state index in [0.717, 1.165) is 4.91 Å². The fourth-order valence-electron chi connectivity index (χ4n) is 0.577. The summed E-state index contributed by atoms with van der Waals surface area (Å²) in [6, 6.07) is 0. The number of Topliss-reactive ketones (excluding diaryl/α,β-unsaturated/α-hetero) is 1. The van der Waals surface area contributed by atoms with Crippen molar-refractivity contribution in [2.24, 2.45) is 0 Å². The van der Waals surface area contributed by atoms with Crippen LogP contribution in [0.1, 0.15) is 34.6 Å². The van der Waals surface area contributed by atoms with Crippen molar-refractivity contribution < 1.29 is 4.79 Å². The van der Waals surface area contributed by atoms with E-state index in [1.165, 1.54) is 0 Å². The van der Waals surface area contributed by atoms with Gasteiger partial charge in [0.15, 0.2) is 0 Å². The van der Waals surface area contributed by atoms with Gasteiger partial charge in [-0.1, -0.05) is 32.1 Å². The second kappa shape index (κ2) is 11.5. The Bertz CT molecular complexity index is 181. The van der Waals surface area contributed by atoms with Gasteiger partial charge in [0.05, 0.1) is 5.75 Å². The van der Waals surface area contributed by atoms with Gasteiger partial charge in [0, 0.05) is 4.91 Å². The standard InChI is InChI=1S/C9H14OS.C2H6/c1-4-6-9(5-2)11-7-8(3)10;1-2/h4-6H,7H2,1-3H3;1-2H3/b6-4-,9-5+;. The zero-order chi connectivity index (χ0) is 10.7. The largest absolute Gasteiger partial charge is 0.299 e. The first kappa shape index (κ1) is 15.0. The number of hydrogen-bond acceptors (Lipinski definition) is 2. The lowest BCUT2D eigenvalue weighted by atomic mass is 10.4. The van der Waals surface area contributed by atoms with Crippen molar-refractivity contribution in [2.45, 2.75) is 34.6 Å².